The molecule has 3 N–H and O–H groups in total. The maximum absolute atomic E-state index is 12.0. The van der Waals surface area contributed by atoms with Crippen molar-refractivity contribution in [1.82, 2.24) is 21.1 Å². The third-order valence-corrected chi connectivity index (χ3v) is 4.47. The highest BCUT2D eigenvalue weighted by molar-refractivity contribution is 7.97. The van der Waals surface area contributed by atoms with Crippen LogP contribution in [0.4, 0.5) is 4.79 Å². The molecule has 1 aliphatic rings. The highest BCUT2D eigenvalue weighted by Crippen LogP contribution is 2.16. The number of carbonyl (C=O) groups is 4. The molecular weight excluding hydrogens is 356 g/mol. The molecule has 1 aromatic carbocycles. The van der Waals surface area contributed by atoms with Crippen LogP contribution >= 0.6 is 11.8 Å². The number of imide groups is 1. The lowest BCUT2D eigenvalue weighted by molar-refractivity contribution is -0.130. The summed E-state index contributed by atoms with van der Waals surface area (Å²) in [6.07, 6.45) is 1.89. The number of amides is 5. The Balaban J connectivity index is 1.79. The van der Waals surface area contributed by atoms with Crippen molar-refractivity contribution in [3.05, 3.63) is 35.4 Å². The highest BCUT2D eigenvalue weighted by atomic mass is 32.2. The molecule has 8 nitrogen and oxygen atoms in total. The van der Waals surface area contributed by atoms with Crippen LogP contribution in [0.1, 0.15) is 36.2 Å². The molecule has 0 radical (unpaired) electrons. The van der Waals surface area contributed by atoms with Crippen molar-refractivity contribution in [2.75, 3.05) is 12.8 Å². The van der Waals surface area contributed by atoms with Crippen LogP contribution in [0.3, 0.4) is 0 Å². The summed E-state index contributed by atoms with van der Waals surface area (Å²) in [5.41, 5.74) is 5.16. The molecule has 1 aliphatic heterocycles. The second-order valence-corrected chi connectivity index (χ2v) is 7.26. The normalized spacial score (nSPS) is 15.6. The molecule has 26 heavy (non-hydrogen) atoms. The van der Waals surface area contributed by atoms with Crippen molar-refractivity contribution in [2.45, 2.75) is 31.6 Å². The average Bonchev–Trinajstić information content (AvgIpc) is 2.79. The van der Waals surface area contributed by atoms with E-state index in [1.54, 1.807) is 37.7 Å². The number of urea groups is 1. The van der Waals surface area contributed by atoms with Crippen LogP contribution in [0.5, 0.6) is 0 Å². The molecule has 1 fully saturated rings. The van der Waals surface area contributed by atoms with Gasteiger partial charge in [0.1, 0.15) is 5.54 Å². The Morgan fingerprint density at radius 2 is 1.81 bits per heavy atom. The van der Waals surface area contributed by atoms with Crippen LogP contribution in [0.15, 0.2) is 24.3 Å². The largest absolute Gasteiger partial charge is 0.325 e. The number of nitrogens with one attached hydrogen (secondary N) is 3. The fraction of sp³-hybridized carbons (Fsp3) is 0.412. The van der Waals surface area contributed by atoms with Gasteiger partial charge in [-0.1, -0.05) is 12.1 Å². The first kappa shape index (κ1) is 19.8. The van der Waals surface area contributed by atoms with Gasteiger partial charge in [0.2, 0.25) is 5.91 Å². The summed E-state index contributed by atoms with van der Waals surface area (Å²) in [5.74, 6) is -0.462. The summed E-state index contributed by atoms with van der Waals surface area (Å²) in [4.78, 5) is 48.6. The van der Waals surface area contributed by atoms with Gasteiger partial charge in [0.05, 0.1) is 0 Å². The molecule has 0 atom stereocenters. The van der Waals surface area contributed by atoms with Crippen molar-refractivity contribution in [1.29, 1.82) is 0 Å². The maximum atomic E-state index is 12.0. The molecule has 0 unspecified atom stereocenters. The Morgan fingerprint density at radius 3 is 2.35 bits per heavy atom. The monoisotopic (exact) mass is 378 g/mol. The van der Waals surface area contributed by atoms with Crippen molar-refractivity contribution < 1.29 is 19.2 Å². The van der Waals surface area contributed by atoms with Crippen LogP contribution in [-0.4, -0.2) is 47.0 Å². The van der Waals surface area contributed by atoms with Crippen LogP contribution in [0.25, 0.3) is 0 Å². The number of hydrogen-bond donors (Lipinski definition) is 3. The van der Waals surface area contributed by atoms with E-state index in [2.05, 4.69) is 16.2 Å². The van der Waals surface area contributed by atoms with E-state index in [9.17, 15) is 19.2 Å². The summed E-state index contributed by atoms with van der Waals surface area (Å²) >= 11 is 1.69. The molecule has 9 heteroatoms. The van der Waals surface area contributed by atoms with Gasteiger partial charge < -0.3 is 5.32 Å². The molecule has 0 aromatic heterocycles. The van der Waals surface area contributed by atoms with E-state index in [0.29, 0.717) is 5.56 Å². The second kappa shape index (κ2) is 8.22. The van der Waals surface area contributed by atoms with Crippen LogP contribution in [-0.2, 0) is 15.3 Å². The number of thioether (sulfide) groups is 1. The van der Waals surface area contributed by atoms with Crippen molar-refractivity contribution in [3.63, 3.8) is 0 Å². The predicted molar refractivity (Wildman–Crippen MR) is 98.2 cm³/mol. The zero-order chi connectivity index (χ0) is 19.3. The first-order chi connectivity index (χ1) is 12.2. The summed E-state index contributed by atoms with van der Waals surface area (Å²) in [5, 5.41) is 2.54. The Hall–Kier alpha value is -2.55. The first-order valence-corrected chi connectivity index (χ1v) is 9.45. The lowest BCUT2D eigenvalue weighted by Crippen LogP contribution is -2.44. The average molecular weight is 378 g/mol. The van der Waals surface area contributed by atoms with Gasteiger partial charge in [-0.2, -0.15) is 11.8 Å². The number of hydrogen-bond acceptors (Lipinski definition) is 5. The number of benzene rings is 1. The van der Waals surface area contributed by atoms with E-state index in [1.807, 2.05) is 18.4 Å². The minimum atomic E-state index is -0.968. The van der Waals surface area contributed by atoms with Crippen LogP contribution < -0.4 is 16.2 Å². The minimum Gasteiger partial charge on any atom is -0.324 e. The molecule has 5 amide bonds. The number of rotatable bonds is 6. The minimum absolute atomic E-state index is 0.0564. The zero-order valence-electron chi connectivity index (χ0n) is 14.9. The Bertz CT molecular complexity index is 718. The Morgan fingerprint density at radius 1 is 1.15 bits per heavy atom. The maximum Gasteiger partial charge on any atom is 0.325 e. The van der Waals surface area contributed by atoms with Gasteiger partial charge in [-0.05, 0) is 37.8 Å². The zero-order valence-corrected chi connectivity index (χ0v) is 15.7. The van der Waals surface area contributed by atoms with Gasteiger partial charge >= 0.3 is 6.03 Å². The first-order valence-electron chi connectivity index (χ1n) is 8.06. The fourth-order valence-electron chi connectivity index (χ4n) is 2.41. The molecule has 2 rings (SSSR count). The molecular formula is C17H22N4O4S. The van der Waals surface area contributed by atoms with Gasteiger partial charge in [0.25, 0.3) is 11.8 Å². The SMILES string of the molecule is CSCc1ccc(C(=O)NNC(=O)CCN2C(=O)NC(C)(C)C2=O)cc1. The second-order valence-electron chi connectivity index (χ2n) is 6.39. The number of nitrogens with zero attached hydrogens (tertiary/aromatic N) is 1. The summed E-state index contributed by atoms with van der Waals surface area (Å²) < 4.78 is 0. The Labute approximate surface area is 156 Å². The van der Waals surface area contributed by atoms with Crippen molar-refractivity contribution in [2.24, 2.45) is 0 Å². The van der Waals surface area contributed by atoms with E-state index in [4.69, 9.17) is 0 Å². The van der Waals surface area contributed by atoms with E-state index in [0.717, 1.165) is 16.2 Å². The van der Waals surface area contributed by atoms with Crippen molar-refractivity contribution in [3.8, 4) is 0 Å². The molecule has 0 saturated carbocycles. The molecule has 140 valence electrons. The summed E-state index contributed by atoms with van der Waals surface area (Å²) in [6.45, 7) is 3.13. The third-order valence-electron chi connectivity index (χ3n) is 3.85. The predicted octanol–water partition coefficient (Wildman–Crippen LogP) is 1.03. The smallest absolute Gasteiger partial charge is 0.324 e. The summed E-state index contributed by atoms with van der Waals surface area (Å²) in [7, 11) is 0. The molecule has 0 aliphatic carbocycles. The van der Waals surface area contributed by atoms with Gasteiger partial charge in [0.15, 0.2) is 0 Å². The highest BCUT2D eigenvalue weighted by Gasteiger charge is 2.43. The van der Waals surface area contributed by atoms with Gasteiger partial charge in [0, 0.05) is 24.3 Å². The van der Waals surface area contributed by atoms with Crippen LogP contribution in [0.2, 0.25) is 0 Å². The summed E-state index contributed by atoms with van der Waals surface area (Å²) in [6, 6.07) is 6.55. The third kappa shape index (κ3) is 4.75. The van der Waals surface area contributed by atoms with E-state index < -0.39 is 23.4 Å². The van der Waals surface area contributed by atoms with Crippen molar-refractivity contribution >= 4 is 35.5 Å². The molecule has 0 spiro atoms. The quantitative estimate of drug-likeness (QED) is 0.506. The lowest BCUT2D eigenvalue weighted by Gasteiger charge is -2.15. The van der Waals surface area contributed by atoms with Gasteiger partial charge in [-0.15, -0.1) is 0 Å². The van der Waals surface area contributed by atoms with Crippen LogP contribution in [0, 0.1) is 0 Å². The van der Waals surface area contributed by atoms with Gasteiger partial charge in [-0.3, -0.25) is 30.1 Å². The number of hydrazine groups is 1. The van der Waals surface area contributed by atoms with E-state index in [-0.39, 0.29) is 18.9 Å². The fourth-order valence-corrected chi connectivity index (χ4v) is 2.94. The topological polar surface area (TPSA) is 108 Å². The molecule has 1 heterocycles. The molecule has 1 saturated heterocycles. The lowest BCUT2D eigenvalue weighted by atomic mass is 10.1. The Kier molecular flexibility index (Phi) is 6.25. The van der Waals surface area contributed by atoms with E-state index in [1.165, 1.54) is 0 Å². The molecule has 0 bridgehead atoms. The van der Waals surface area contributed by atoms with Gasteiger partial charge in [-0.25, -0.2) is 4.79 Å². The number of carbonyl (C=O) groups excluding carboxylic acids is 4. The van der Waals surface area contributed by atoms with E-state index >= 15 is 0 Å². The molecule has 1 aromatic rings. The standard InChI is InChI=1S/C17H22N4O4S/c1-17(2)15(24)21(16(25)18-17)9-8-13(22)19-20-14(23)12-6-4-11(5-7-12)10-26-3/h4-7H,8-10H2,1-3H3,(H,18,25)(H,19,22)(H,20,23).